The third-order valence-corrected chi connectivity index (χ3v) is 3.89. The Hall–Kier alpha value is -3.35. The van der Waals surface area contributed by atoms with E-state index >= 15 is 0 Å². The average molecular weight is 364 g/mol. The highest BCUT2D eigenvalue weighted by atomic mass is 16.5. The highest BCUT2D eigenvalue weighted by Gasteiger charge is 2.01. The summed E-state index contributed by atoms with van der Waals surface area (Å²) in [5, 5.41) is 10.7. The number of hydrogen-bond acceptors (Lipinski definition) is 4. The van der Waals surface area contributed by atoms with Gasteiger partial charge in [-0.25, -0.2) is 9.67 Å². The number of benzene rings is 2. The number of ether oxygens (including phenoxy) is 1. The Morgan fingerprint density at radius 2 is 1.93 bits per heavy atom. The average Bonchev–Trinajstić information content (AvgIpc) is 3.21. The first-order valence-electron chi connectivity index (χ1n) is 8.86. The number of guanidine groups is 1. The first-order chi connectivity index (χ1) is 13.3. The maximum atomic E-state index is 5.67. The van der Waals surface area contributed by atoms with Gasteiger partial charge in [0.15, 0.2) is 5.96 Å². The van der Waals surface area contributed by atoms with Gasteiger partial charge < -0.3 is 15.4 Å². The zero-order chi connectivity index (χ0) is 18.7. The molecule has 1 heterocycles. The predicted molar refractivity (Wildman–Crippen MR) is 106 cm³/mol. The maximum absolute atomic E-state index is 5.67. The molecule has 7 heteroatoms. The van der Waals surface area contributed by atoms with Gasteiger partial charge >= 0.3 is 0 Å². The normalized spacial score (nSPS) is 11.2. The van der Waals surface area contributed by atoms with Gasteiger partial charge in [0.05, 0.1) is 13.1 Å². The van der Waals surface area contributed by atoms with Crippen LogP contribution in [0.2, 0.25) is 0 Å². The molecule has 0 saturated heterocycles. The van der Waals surface area contributed by atoms with E-state index in [2.05, 4.69) is 43.9 Å². The van der Waals surface area contributed by atoms with Gasteiger partial charge in [-0.1, -0.05) is 42.5 Å². The summed E-state index contributed by atoms with van der Waals surface area (Å²) in [7, 11) is 1.76. The molecular formula is C20H24N6O. The first-order valence-corrected chi connectivity index (χ1v) is 8.86. The minimum Gasteiger partial charge on any atom is -0.492 e. The molecule has 0 fully saturated rings. The largest absolute Gasteiger partial charge is 0.492 e. The topological polar surface area (TPSA) is 76.4 Å². The summed E-state index contributed by atoms with van der Waals surface area (Å²) in [5.41, 5.74) is 2.36. The van der Waals surface area contributed by atoms with Crippen molar-refractivity contribution in [1.82, 2.24) is 25.4 Å². The van der Waals surface area contributed by atoms with Crippen molar-refractivity contribution in [2.45, 2.75) is 13.1 Å². The first kappa shape index (κ1) is 18.4. The standard InChI is InChI=1S/C20H24N6O/c1-21-20(23-10-11-27-19-8-3-2-4-9-19)24-13-17-6-5-7-18(12-17)14-26-16-22-15-25-26/h2-9,12,15-16H,10-11,13-14H2,1H3,(H2,21,23,24). The Morgan fingerprint density at radius 1 is 1.07 bits per heavy atom. The molecule has 0 aliphatic heterocycles. The van der Waals surface area contributed by atoms with Crippen LogP contribution < -0.4 is 15.4 Å². The van der Waals surface area contributed by atoms with Gasteiger partial charge in [-0.05, 0) is 23.3 Å². The van der Waals surface area contributed by atoms with Crippen LogP contribution in [0.15, 0.2) is 72.2 Å². The Kier molecular flexibility index (Phi) is 6.80. The highest BCUT2D eigenvalue weighted by molar-refractivity contribution is 5.79. The molecule has 0 radical (unpaired) electrons. The molecule has 0 saturated carbocycles. The lowest BCUT2D eigenvalue weighted by Gasteiger charge is -2.13. The molecule has 0 aliphatic rings. The van der Waals surface area contributed by atoms with Crippen molar-refractivity contribution >= 4 is 5.96 Å². The van der Waals surface area contributed by atoms with Crippen LogP contribution in [0.4, 0.5) is 0 Å². The van der Waals surface area contributed by atoms with Crippen molar-refractivity contribution < 1.29 is 4.74 Å². The quantitative estimate of drug-likeness (QED) is 0.364. The van der Waals surface area contributed by atoms with Crippen LogP contribution in [0.5, 0.6) is 5.75 Å². The number of hydrogen-bond donors (Lipinski definition) is 2. The summed E-state index contributed by atoms with van der Waals surface area (Å²) in [6, 6.07) is 18.1. The van der Waals surface area contributed by atoms with Crippen LogP contribution in [-0.4, -0.2) is 40.9 Å². The molecule has 2 N–H and O–H groups in total. The van der Waals surface area contributed by atoms with Crippen molar-refractivity contribution in [3.8, 4) is 5.75 Å². The number of para-hydroxylation sites is 1. The second kappa shape index (κ2) is 9.96. The molecule has 0 atom stereocenters. The fraction of sp³-hybridized carbons (Fsp3) is 0.250. The van der Waals surface area contributed by atoms with Gasteiger partial charge in [0.1, 0.15) is 25.0 Å². The number of nitrogens with one attached hydrogen (secondary N) is 2. The van der Waals surface area contributed by atoms with Crippen molar-refractivity contribution in [2.75, 3.05) is 20.2 Å². The number of aliphatic imine (C=N–C) groups is 1. The van der Waals surface area contributed by atoms with Crippen LogP contribution in [-0.2, 0) is 13.1 Å². The second-order valence-electron chi connectivity index (χ2n) is 5.93. The van der Waals surface area contributed by atoms with Crippen LogP contribution in [0, 0.1) is 0 Å². The van der Waals surface area contributed by atoms with E-state index in [0.717, 1.165) is 11.7 Å². The van der Waals surface area contributed by atoms with Crippen LogP contribution in [0.3, 0.4) is 0 Å². The smallest absolute Gasteiger partial charge is 0.191 e. The van der Waals surface area contributed by atoms with Crippen LogP contribution in [0.1, 0.15) is 11.1 Å². The third kappa shape index (κ3) is 6.14. The van der Waals surface area contributed by atoms with E-state index < -0.39 is 0 Å². The van der Waals surface area contributed by atoms with Crippen molar-refractivity contribution in [2.24, 2.45) is 4.99 Å². The summed E-state index contributed by atoms with van der Waals surface area (Å²) in [6.07, 6.45) is 3.26. The molecule has 0 unspecified atom stereocenters. The lowest BCUT2D eigenvalue weighted by molar-refractivity contribution is 0.322. The van der Waals surface area contributed by atoms with E-state index in [1.807, 2.05) is 36.4 Å². The fourth-order valence-corrected chi connectivity index (χ4v) is 2.60. The molecule has 1 aromatic heterocycles. The van der Waals surface area contributed by atoms with Gasteiger partial charge in [0.25, 0.3) is 0 Å². The van der Waals surface area contributed by atoms with E-state index in [0.29, 0.717) is 26.2 Å². The third-order valence-electron chi connectivity index (χ3n) is 3.89. The Bertz CT molecular complexity index is 833. The SMILES string of the molecule is CN=C(NCCOc1ccccc1)NCc1cccc(Cn2cncn2)c1. The van der Waals surface area contributed by atoms with Gasteiger partial charge in [0.2, 0.25) is 0 Å². The van der Waals surface area contributed by atoms with E-state index in [4.69, 9.17) is 4.74 Å². The molecule has 27 heavy (non-hydrogen) atoms. The lowest BCUT2D eigenvalue weighted by Crippen LogP contribution is -2.38. The summed E-state index contributed by atoms with van der Waals surface area (Å²) in [4.78, 5) is 8.22. The molecule has 0 aliphatic carbocycles. The van der Waals surface area contributed by atoms with Crippen molar-refractivity contribution in [3.63, 3.8) is 0 Å². The molecular weight excluding hydrogens is 340 g/mol. The molecule has 3 aromatic rings. The zero-order valence-corrected chi connectivity index (χ0v) is 15.4. The molecule has 7 nitrogen and oxygen atoms in total. The van der Waals surface area contributed by atoms with Gasteiger partial charge in [0, 0.05) is 13.6 Å². The van der Waals surface area contributed by atoms with Crippen molar-refractivity contribution in [1.29, 1.82) is 0 Å². The van der Waals surface area contributed by atoms with Crippen LogP contribution in [0.25, 0.3) is 0 Å². The van der Waals surface area contributed by atoms with Gasteiger partial charge in [-0.2, -0.15) is 5.10 Å². The van der Waals surface area contributed by atoms with E-state index in [9.17, 15) is 0 Å². The van der Waals surface area contributed by atoms with E-state index in [1.165, 1.54) is 11.1 Å². The number of aromatic nitrogens is 3. The minimum atomic E-state index is 0.568. The van der Waals surface area contributed by atoms with Crippen LogP contribution >= 0.6 is 0 Å². The minimum absolute atomic E-state index is 0.568. The summed E-state index contributed by atoms with van der Waals surface area (Å²) < 4.78 is 7.48. The predicted octanol–water partition coefficient (Wildman–Crippen LogP) is 2.07. The summed E-state index contributed by atoms with van der Waals surface area (Å²) in [6.45, 7) is 2.63. The molecule has 2 aromatic carbocycles. The summed E-state index contributed by atoms with van der Waals surface area (Å²) >= 11 is 0. The highest BCUT2D eigenvalue weighted by Crippen LogP contribution is 2.08. The molecule has 0 spiro atoms. The van der Waals surface area contributed by atoms with Gasteiger partial charge in [-0.3, -0.25) is 4.99 Å². The Morgan fingerprint density at radius 3 is 2.70 bits per heavy atom. The zero-order valence-electron chi connectivity index (χ0n) is 15.4. The number of rotatable bonds is 8. The summed E-state index contributed by atoms with van der Waals surface area (Å²) in [5.74, 6) is 1.61. The Labute approximate surface area is 159 Å². The fourth-order valence-electron chi connectivity index (χ4n) is 2.60. The maximum Gasteiger partial charge on any atom is 0.191 e. The molecule has 3 rings (SSSR count). The van der Waals surface area contributed by atoms with Gasteiger partial charge in [-0.15, -0.1) is 0 Å². The van der Waals surface area contributed by atoms with E-state index in [-0.39, 0.29) is 0 Å². The molecule has 0 amide bonds. The van der Waals surface area contributed by atoms with Crippen molar-refractivity contribution in [3.05, 3.63) is 78.4 Å². The monoisotopic (exact) mass is 364 g/mol. The molecule has 0 bridgehead atoms. The molecule has 140 valence electrons. The number of nitrogens with zero attached hydrogens (tertiary/aromatic N) is 4. The second-order valence-corrected chi connectivity index (χ2v) is 5.93. The van der Waals surface area contributed by atoms with E-state index in [1.54, 1.807) is 24.4 Å². The lowest BCUT2D eigenvalue weighted by atomic mass is 10.1. The Balaban J connectivity index is 1.42.